The van der Waals surface area contributed by atoms with E-state index in [0.29, 0.717) is 12.1 Å². The molecule has 0 saturated heterocycles. The molecule has 2 aromatic rings. The third-order valence-electron chi connectivity index (χ3n) is 2.96. The molecule has 102 valence electrons. The van der Waals surface area contributed by atoms with E-state index in [1.807, 2.05) is 19.1 Å². The molecule has 2 rings (SSSR count). The van der Waals surface area contributed by atoms with Gasteiger partial charge in [-0.25, -0.2) is 13.1 Å². The number of pyridine rings is 1. The van der Waals surface area contributed by atoms with Crippen LogP contribution in [0.25, 0.3) is 10.9 Å². The highest BCUT2D eigenvalue weighted by Crippen LogP contribution is 2.20. The monoisotopic (exact) mass is 279 g/mol. The minimum Gasteiger partial charge on any atom is -0.316 e. The summed E-state index contributed by atoms with van der Waals surface area (Å²) in [5, 5.41) is 3.80. The van der Waals surface area contributed by atoms with Gasteiger partial charge in [0.05, 0.1) is 5.52 Å². The Bertz CT molecular complexity index is 665. The zero-order chi connectivity index (χ0) is 13.9. The zero-order valence-corrected chi connectivity index (χ0v) is 11.7. The van der Waals surface area contributed by atoms with E-state index in [2.05, 4.69) is 15.0 Å². The fourth-order valence-corrected chi connectivity index (χ4v) is 3.02. The van der Waals surface area contributed by atoms with Crippen molar-refractivity contribution in [2.75, 3.05) is 13.6 Å². The molecule has 6 heteroatoms. The van der Waals surface area contributed by atoms with Crippen molar-refractivity contribution < 1.29 is 8.42 Å². The molecule has 0 aliphatic rings. The molecule has 1 heterocycles. The highest BCUT2D eigenvalue weighted by Gasteiger charge is 2.18. The Morgan fingerprint density at radius 1 is 1.26 bits per heavy atom. The molecule has 0 amide bonds. The second-order valence-electron chi connectivity index (χ2n) is 4.37. The summed E-state index contributed by atoms with van der Waals surface area (Å²) in [7, 11) is -1.75. The van der Waals surface area contributed by atoms with Crippen molar-refractivity contribution >= 4 is 20.9 Å². The molecule has 1 unspecified atom stereocenters. The van der Waals surface area contributed by atoms with Gasteiger partial charge in [0.2, 0.25) is 10.0 Å². The number of nitrogens with zero attached hydrogens (tertiary/aromatic N) is 1. The van der Waals surface area contributed by atoms with Gasteiger partial charge in [-0.05, 0) is 26.1 Å². The van der Waals surface area contributed by atoms with Gasteiger partial charge in [-0.1, -0.05) is 18.2 Å². The lowest BCUT2D eigenvalue weighted by Crippen LogP contribution is -2.37. The van der Waals surface area contributed by atoms with E-state index in [9.17, 15) is 8.42 Å². The fraction of sp³-hybridized carbons (Fsp3) is 0.308. The summed E-state index contributed by atoms with van der Waals surface area (Å²) in [5.74, 6) is 0. The van der Waals surface area contributed by atoms with Crippen molar-refractivity contribution in [2.45, 2.75) is 17.9 Å². The van der Waals surface area contributed by atoms with Gasteiger partial charge in [-0.3, -0.25) is 4.98 Å². The predicted octanol–water partition coefficient (Wildman–Crippen LogP) is 1.12. The molecule has 19 heavy (non-hydrogen) atoms. The lowest BCUT2D eigenvalue weighted by molar-refractivity contribution is 0.555. The van der Waals surface area contributed by atoms with Crippen LogP contribution < -0.4 is 10.0 Å². The number of hydrogen-bond donors (Lipinski definition) is 2. The van der Waals surface area contributed by atoms with Crippen LogP contribution in [0.5, 0.6) is 0 Å². The Morgan fingerprint density at radius 2 is 2.00 bits per heavy atom. The molecular weight excluding hydrogens is 262 g/mol. The highest BCUT2D eigenvalue weighted by molar-refractivity contribution is 7.89. The lowest BCUT2D eigenvalue weighted by Gasteiger charge is -2.12. The Hall–Kier alpha value is -1.50. The Morgan fingerprint density at radius 3 is 2.74 bits per heavy atom. The number of rotatable bonds is 5. The summed E-state index contributed by atoms with van der Waals surface area (Å²) in [6.45, 7) is 2.24. The maximum atomic E-state index is 12.3. The first-order valence-electron chi connectivity index (χ1n) is 6.05. The third kappa shape index (κ3) is 3.09. The predicted molar refractivity (Wildman–Crippen MR) is 75.5 cm³/mol. The summed E-state index contributed by atoms with van der Waals surface area (Å²) in [6, 6.07) is 8.84. The molecule has 1 aromatic heterocycles. The first-order valence-corrected chi connectivity index (χ1v) is 7.53. The molecule has 1 aromatic carbocycles. The molecule has 0 fully saturated rings. The SMILES string of the molecule is CNC(C)CNS(=O)(=O)c1cccc2cccnc12. The second kappa shape index (κ2) is 5.64. The van der Waals surface area contributed by atoms with Gasteiger partial charge < -0.3 is 5.32 Å². The van der Waals surface area contributed by atoms with Crippen LogP contribution in [0.4, 0.5) is 0 Å². The van der Waals surface area contributed by atoms with Gasteiger partial charge in [0, 0.05) is 24.2 Å². The lowest BCUT2D eigenvalue weighted by atomic mass is 10.2. The van der Waals surface area contributed by atoms with Crippen LogP contribution in [-0.2, 0) is 10.0 Å². The molecule has 1 atom stereocenters. The van der Waals surface area contributed by atoms with Crippen LogP contribution in [-0.4, -0.2) is 33.0 Å². The van der Waals surface area contributed by atoms with Gasteiger partial charge in [0.25, 0.3) is 0 Å². The van der Waals surface area contributed by atoms with E-state index >= 15 is 0 Å². The van der Waals surface area contributed by atoms with Crippen molar-refractivity contribution in [1.29, 1.82) is 0 Å². The third-order valence-corrected chi connectivity index (χ3v) is 4.41. The quantitative estimate of drug-likeness (QED) is 0.860. The summed E-state index contributed by atoms with van der Waals surface area (Å²) < 4.78 is 27.2. The molecule has 0 aliphatic heterocycles. The number of benzene rings is 1. The minimum absolute atomic E-state index is 0.0673. The van der Waals surface area contributed by atoms with Crippen LogP contribution in [0.3, 0.4) is 0 Å². The second-order valence-corrected chi connectivity index (χ2v) is 6.11. The van der Waals surface area contributed by atoms with E-state index < -0.39 is 10.0 Å². The highest BCUT2D eigenvalue weighted by atomic mass is 32.2. The topological polar surface area (TPSA) is 71.1 Å². The van der Waals surface area contributed by atoms with E-state index in [0.717, 1.165) is 5.39 Å². The van der Waals surface area contributed by atoms with Gasteiger partial charge >= 0.3 is 0 Å². The van der Waals surface area contributed by atoms with Crippen LogP contribution in [0.15, 0.2) is 41.4 Å². The van der Waals surface area contributed by atoms with Crippen LogP contribution >= 0.6 is 0 Å². The molecule has 2 N–H and O–H groups in total. The summed E-state index contributed by atoms with van der Waals surface area (Å²) >= 11 is 0. The average molecular weight is 279 g/mol. The van der Waals surface area contributed by atoms with Gasteiger partial charge in [0.15, 0.2) is 0 Å². The van der Waals surface area contributed by atoms with Crippen molar-refractivity contribution in [2.24, 2.45) is 0 Å². The standard InChI is InChI=1S/C13H17N3O2S/c1-10(14-2)9-16-19(17,18)12-7-3-5-11-6-4-8-15-13(11)12/h3-8,10,14,16H,9H2,1-2H3. The maximum absolute atomic E-state index is 12.3. The van der Waals surface area contributed by atoms with Crippen molar-refractivity contribution in [1.82, 2.24) is 15.0 Å². The van der Waals surface area contributed by atoms with Crippen molar-refractivity contribution in [3.05, 3.63) is 36.5 Å². The smallest absolute Gasteiger partial charge is 0.242 e. The number of fused-ring (bicyclic) bond motifs is 1. The summed E-state index contributed by atoms with van der Waals surface area (Å²) in [4.78, 5) is 4.38. The number of hydrogen-bond acceptors (Lipinski definition) is 4. The minimum atomic E-state index is -3.54. The number of para-hydroxylation sites is 1. The fourth-order valence-electron chi connectivity index (χ4n) is 1.71. The van der Waals surface area contributed by atoms with Crippen molar-refractivity contribution in [3.63, 3.8) is 0 Å². The first-order chi connectivity index (χ1) is 9.04. The Labute approximate surface area is 113 Å². The number of likely N-dealkylation sites (N-methyl/N-ethyl adjacent to an activating group) is 1. The summed E-state index contributed by atoms with van der Waals surface area (Å²) in [6.07, 6.45) is 1.59. The molecule has 0 aliphatic carbocycles. The van der Waals surface area contributed by atoms with Gasteiger partial charge in [-0.15, -0.1) is 0 Å². The molecule has 0 spiro atoms. The number of sulfonamides is 1. The van der Waals surface area contributed by atoms with Gasteiger partial charge in [-0.2, -0.15) is 0 Å². The zero-order valence-electron chi connectivity index (χ0n) is 10.9. The van der Waals surface area contributed by atoms with E-state index in [-0.39, 0.29) is 10.9 Å². The van der Waals surface area contributed by atoms with Gasteiger partial charge in [0.1, 0.15) is 4.90 Å². The Kier molecular flexibility index (Phi) is 4.14. The van der Waals surface area contributed by atoms with Crippen molar-refractivity contribution in [3.8, 4) is 0 Å². The molecule has 0 bridgehead atoms. The maximum Gasteiger partial charge on any atom is 0.242 e. The van der Waals surface area contributed by atoms with E-state index in [4.69, 9.17) is 0 Å². The van der Waals surface area contributed by atoms with Crippen LogP contribution in [0.2, 0.25) is 0 Å². The van der Waals surface area contributed by atoms with E-state index in [1.54, 1.807) is 31.4 Å². The number of nitrogens with one attached hydrogen (secondary N) is 2. The van der Waals surface area contributed by atoms with Crippen LogP contribution in [0, 0.1) is 0 Å². The molecule has 5 nitrogen and oxygen atoms in total. The molecule has 0 saturated carbocycles. The normalized spacial score (nSPS) is 13.6. The summed E-state index contributed by atoms with van der Waals surface area (Å²) in [5.41, 5.74) is 0.495. The molecule has 0 radical (unpaired) electrons. The number of aromatic nitrogens is 1. The Balaban J connectivity index is 2.38. The average Bonchev–Trinajstić information content (AvgIpc) is 2.44. The van der Waals surface area contributed by atoms with Crippen LogP contribution in [0.1, 0.15) is 6.92 Å². The molecular formula is C13H17N3O2S. The van der Waals surface area contributed by atoms with E-state index in [1.165, 1.54) is 0 Å². The largest absolute Gasteiger partial charge is 0.316 e. The first kappa shape index (κ1) is 13.9.